The van der Waals surface area contributed by atoms with E-state index in [-0.39, 0.29) is 35.8 Å². The number of aliphatic imine (C=N–C) groups is 1. The zero-order valence-corrected chi connectivity index (χ0v) is 17.6. The van der Waals surface area contributed by atoms with Crippen molar-refractivity contribution < 1.29 is 9.53 Å². The van der Waals surface area contributed by atoms with Gasteiger partial charge < -0.3 is 20.7 Å². The monoisotopic (exact) mass is 460 g/mol. The Morgan fingerprint density at radius 3 is 2.52 bits per heavy atom. The van der Waals surface area contributed by atoms with Crippen molar-refractivity contribution in [2.75, 3.05) is 33.8 Å². The molecule has 0 saturated heterocycles. The first-order chi connectivity index (χ1) is 11.6. The van der Waals surface area contributed by atoms with Crippen molar-refractivity contribution in [3.8, 4) is 5.75 Å². The third kappa shape index (κ3) is 7.50. The first-order valence-corrected chi connectivity index (χ1v) is 8.49. The molecule has 0 bridgehead atoms. The number of nitrogens with one attached hydrogen (secondary N) is 3. The molecule has 1 saturated carbocycles. The van der Waals surface area contributed by atoms with Crippen molar-refractivity contribution in [1.82, 2.24) is 16.0 Å². The summed E-state index contributed by atoms with van der Waals surface area (Å²) in [5.74, 6) is 2.08. The number of ether oxygens (including phenoxy) is 1. The lowest BCUT2D eigenvalue weighted by atomic mass is 10.1. The maximum atomic E-state index is 11.5. The highest BCUT2D eigenvalue weighted by Gasteiger charge is 2.28. The van der Waals surface area contributed by atoms with Crippen molar-refractivity contribution in [2.45, 2.75) is 26.2 Å². The van der Waals surface area contributed by atoms with Crippen LogP contribution < -0.4 is 20.7 Å². The van der Waals surface area contributed by atoms with Gasteiger partial charge in [0.2, 0.25) is 5.91 Å². The molecule has 3 N–H and O–H groups in total. The number of benzene rings is 1. The molecule has 1 aliphatic carbocycles. The molecule has 1 aliphatic rings. The second kappa shape index (κ2) is 11.2. The second-order valence-electron chi connectivity index (χ2n) is 6.06. The van der Waals surface area contributed by atoms with Crippen LogP contribution in [-0.4, -0.2) is 45.7 Å². The molecule has 0 atom stereocenters. The predicted octanol–water partition coefficient (Wildman–Crippen LogP) is 1.86. The molecule has 0 aliphatic heterocycles. The Kier molecular flexibility index (Phi) is 9.62. The number of halogens is 1. The molecule has 1 aromatic carbocycles. The molecule has 6 nitrogen and oxygen atoms in total. The van der Waals surface area contributed by atoms with Gasteiger partial charge in [0, 0.05) is 32.6 Å². The summed E-state index contributed by atoms with van der Waals surface area (Å²) in [5.41, 5.74) is 2.40. The van der Waals surface area contributed by atoms with Gasteiger partial charge in [-0.15, -0.1) is 24.0 Å². The number of aryl methyl sites for hydroxylation is 1. The molecular formula is C18H29IN4O2. The number of hydrogen-bond acceptors (Lipinski definition) is 3. The van der Waals surface area contributed by atoms with Crippen molar-refractivity contribution in [1.29, 1.82) is 0 Å². The lowest BCUT2D eigenvalue weighted by molar-refractivity contribution is -0.122. The SMILES string of the molecule is CN=C(NCCNC(=O)C1CC1)NCCc1cc(C)ccc1OC.I. The molecule has 0 radical (unpaired) electrons. The van der Waals surface area contributed by atoms with Gasteiger partial charge in [0.1, 0.15) is 5.75 Å². The van der Waals surface area contributed by atoms with Crippen LogP contribution in [0.5, 0.6) is 5.75 Å². The molecule has 7 heteroatoms. The minimum Gasteiger partial charge on any atom is -0.496 e. The van der Waals surface area contributed by atoms with Crippen molar-refractivity contribution in [3.05, 3.63) is 29.3 Å². The maximum absolute atomic E-state index is 11.5. The minimum absolute atomic E-state index is 0. The average Bonchev–Trinajstić information content (AvgIpc) is 3.42. The summed E-state index contributed by atoms with van der Waals surface area (Å²) in [6.07, 6.45) is 2.92. The molecule has 25 heavy (non-hydrogen) atoms. The van der Waals surface area contributed by atoms with Gasteiger partial charge in [0.25, 0.3) is 0 Å². The predicted molar refractivity (Wildman–Crippen MR) is 112 cm³/mol. The normalized spacial score (nSPS) is 13.6. The second-order valence-corrected chi connectivity index (χ2v) is 6.06. The number of methoxy groups -OCH3 is 1. The average molecular weight is 460 g/mol. The molecule has 1 aromatic rings. The highest BCUT2D eigenvalue weighted by atomic mass is 127. The fourth-order valence-electron chi connectivity index (χ4n) is 2.50. The van der Waals surface area contributed by atoms with E-state index in [1.165, 1.54) is 11.1 Å². The number of nitrogens with zero attached hydrogens (tertiary/aromatic N) is 1. The van der Waals surface area contributed by atoms with Crippen LogP contribution in [-0.2, 0) is 11.2 Å². The third-order valence-corrected chi connectivity index (χ3v) is 4.01. The lowest BCUT2D eigenvalue weighted by Crippen LogP contribution is -2.42. The quantitative estimate of drug-likeness (QED) is 0.240. The number of amides is 1. The summed E-state index contributed by atoms with van der Waals surface area (Å²) in [6, 6.07) is 6.19. The number of carbonyl (C=O) groups excluding carboxylic acids is 1. The maximum Gasteiger partial charge on any atom is 0.223 e. The van der Waals surface area contributed by atoms with E-state index >= 15 is 0 Å². The fraction of sp³-hybridized carbons (Fsp3) is 0.556. The molecule has 140 valence electrons. The van der Waals surface area contributed by atoms with E-state index in [2.05, 4.69) is 33.9 Å². The summed E-state index contributed by atoms with van der Waals surface area (Å²) in [4.78, 5) is 15.7. The Bertz CT molecular complexity index is 588. The van der Waals surface area contributed by atoms with Crippen LogP contribution in [0.4, 0.5) is 0 Å². The van der Waals surface area contributed by atoms with Gasteiger partial charge in [-0.25, -0.2) is 0 Å². The summed E-state index contributed by atoms with van der Waals surface area (Å²) in [7, 11) is 3.43. The number of carbonyl (C=O) groups is 1. The standard InChI is InChI=1S/C18H28N4O2.HI/c1-13-4-7-16(24-3)15(12-13)8-9-21-18(19-2)22-11-10-20-17(23)14-5-6-14;/h4,7,12,14H,5-6,8-11H2,1-3H3,(H,20,23)(H2,19,21,22);1H. The molecule has 0 aromatic heterocycles. The van der Waals surface area contributed by atoms with Gasteiger partial charge in [0.05, 0.1) is 7.11 Å². The van der Waals surface area contributed by atoms with E-state index < -0.39 is 0 Å². The molecule has 1 amide bonds. The van der Waals surface area contributed by atoms with Crippen LogP contribution in [0.15, 0.2) is 23.2 Å². The van der Waals surface area contributed by atoms with Gasteiger partial charge in [-0.05, 0) is 37.8 Å². The van der Waals surface area contributed by atoms with E-state index in [0.29, 0.717) is 13.1 Å². The summed E-state index contributed by atoms with van der Waals surface area (Å²) >= 11 is 0. The zero-order chi connectivity index (χ0) is 17.4. The smallest absolute Gasteiger partial charge is 0.223 e. The highest BCUT2D eigenvalue weighted by molar-refractivity contribution is 14.0. The largest absolute Gasteiger partial charge is 0.496 e. The van der Waals surface area contributed by atoms with Gasteiger partial charge in [-0.2, -0.15) is 0 Å². The fourth-order valence-corrected chi connectivity index (χ4v) is 2.50. The van der Waals surface area contributed by atoms with Crippen LogP contribution in [0.1, 0.15) is 24.0 Å². The summed E-state index contributed by atoms with van der Waals surface area (Å²) in [5, 5.41) is 9.41. The van der Waals surface area contributed by atoms with Crippen molar-refractivity contribution in [2.24, 2.45) is 10.9 Å². The van der Waals surface area contributed by atoms with Crippen LogP contribution >= 0.6 is 24.0 Å². The minimum atomic E-state index is 0. The molecule has 2 rings (SSSR count). The first kappa shape index (κ1) is 21.5. The highest BCUT2D eigenvalue weighted by Crippen LogP contribution is 2.28. The van der Waals surface area contributed by atoms with Crippen LogP contribution in [0.3, 0.4) is 0 Å². The number of hydrogen-bond donors (Lipinski definition) is 3. The van der Waals surface area contributed by atoms with Gasteiger partial charge in [-0.3, -0.25) is 9.79 Å². The zero-order valence-electron chi connectivity index (χ0n) is 15.2. The Morgan fingerprint density at radius 1 is 1.20 bits per heavy atom. The molecular weight excluding hydrogens is 431 g/mol. The Hall–Kier alpha value is -1.51. The topological polar surface area (TPSA) is 74.8 Å². The molecule has 1 fully saturated rings. The van der Waals surface area contributed by atoms with Crippen molar-refractivity contribution in [3.63, 3.8) is 0 Å². The van der Waals surface area contributed by atoms with E-state index in [1.54, 1.807) is 14.2 Å². The van der Waals surface area contributed by atoms with E-state index in [9.17, 15) is 4.79 Å². The Labute approximate surface area is 167 Å². The van der Waals surface area contributed by atoms with Crippen molar-refractivity contribution >= 4 is 35.8 Å². The number of guanidine groups is 1. The molecule has 0 unspecified atom stereocenters. The Balaban J connectivity index is 0.00000312. The van der Waals surface area contributed by atoms with Gasteiger partial charge in [-0.1, -0.05) is 17.7 Å². The van der Waals surface area contributed by atoms with E-state index in [0.717, 1.165) is 37.5 Å². The summed E-state index contributed by atoms with van der Waals surface area (Å²) in [6.45, 7) is 4.11. The molecule has 0 heterocycles. The van der Waals surface area contributed by atoms with Gasteiger partial charge >= 0.3 is 0 Å². The third-order valence-electron chi connectivity index (χ3n) is 4.01. The van der Waals surface area contributed by atoms with Crippen LogP contribution in [0.25, 0.3) is 0 Å². The van der Waals surface area contributed by atoms with Crippen LogP contribution in [0.2, 0.25) is 0 Å². The van der Waals surface area contributed by atoms with Crippen LogP contribution in [0, 0.1) is 12.8 Å². The van der Waals surface area contributed by atoms with E-state index in [4.69, 9.17) is 4.74 Å². The van der Waals surface area contributed by atoms with Gasteiger partial charge in [0.15, 0.2) is 5.96 Å². The summed E-state index contributed by atoms with van der Waals surface area (Å²) < 4.78 is 5.40. The Morgan fingerprint density at radius 2 is 1.88 bits per heavy atom. The number of rotatable bonds is 8. The molecule has 0 spiro atoms. The first-order valence-electron chi connectivity index (χ1n) is 8.49. The van der Waals surface area contributed by atoms with E-state index in [1.807, 2.05) is 12.1 Å². The lowest BCUT2D eigenvalue weighted by Gasteiger charge is -2.14.